The van der Waals surface area contributed by atoms with Crippen molar-refractivity contribution in [3.05, 3.63) is 24.1 Å². The molecule has 0 aromatic carbocycles. The van der Waals surface area contributed by atoms with Gasteiger partial charge in [-0.1, -0.05) is 0 Å². The Kier molecular flexibility index (Phi) is 3.10. The number of piperidine rings is 1. The SMILES string of the molecule is NN(C(=O)N1C2CCCC1CC2)c1ccc(F)cn1. The largest absolute Gasteiger partial charge is 0.340 e. The Labute approximate surface area is 111 Å². The molecule has 2 fully saturated rings. The number of urea groups is 1. The number of nitrogens with zero attached hydrogens (tertiary/aromatic N) is 3. The number of fused-ring (bicyclic) bond motifs is 2. The summed E-state index contributed by atoms with van der Waals surface area (Å²) >= 11 is 0. The molecule has 0 spiro atoms. The molecule has 1 aromatic rings. The van der Waals surface area contributed by atoms with Crippen LogP contribution in [0.15, 0.2) is 18.3 Å². The van der Waals surface area contributed by atoms with Crippen LogP contribution < -0.4 is 10.9 Å². The summed E-state index contributed by atoms with van der Waals surface area (Å²) in [5.41, 5.74) is 0. The number of carbonyl (C=O) groups is 1. The van der Waals surface area contributed by atoms with E-state index in [1.807, 2.05) is 4.90 Å². The van der Waals surface area contributed by atoms with Gasteiger partial charge in [0.15, 0.2) is 5.82 Å². The molecule has 2 atom stereocenters. The van der Waals surface area contributed by atoms with Crippen molar-refractivity contribution < 1.29 is 9.18 Å². The van der Waals surface area contributed by atoms with Crippen molar-refractivity contribution >= 4 is 11.8 Å². The molecule has 0 radical (unpaired) electrons. The predicted molar refractivity (Wildman–Crippen MR) is 68.8 cm³/mol. The minimum Gasteiger partial charge on any atom is -0.317 e. The highest BCUT2D eigenvalue weighted by Gasteiger charge is 2.41. The maximum absolute atomic E-state index is 12.8. The number of nitrogens with two attached hydrogens (primary N) is 1. The third-order valence-electron chi connectivity index (χ3n) is 4.08. The van der Waals surface area contributed by atoms with E-state index in [1.165, 1.54) is 18.6 Å². The van der Waals surface area contributed by atoms with Gasteiger partial charge in [0, 0.05) is 12.1 Å². The molecule has 2 amide bonds. The van der Waals surface area contributed by atoms with Gasteiger partial charge in [-0.25, -0.2) is 25.0 Å². The van der Waals surface area contributed by atoms with Crippen molar-refractivity contribution in [1.29, 1.82) is 0 Å². The van der Waals surface area contributed by atoms with Crippen molar-refractivity contribution in [3.63, 3.8) is 0 Å². The molecule has 102 valence electrons. The first-order chi connectivity index (χ1) is 9.16. The van der Waals surface area contributed by atoms with E-state index >= 15 is 0 Å². The number of hydrogen-bond acceptors (Lipinski definition) is 3. The van der Waals surface area contributed by atoms with Crippen LogP contribution >= 0.6 is 0 Å². The van der Waals surface area contributed by atoms with Gasteiger partial charge in [0.25, 0.3) is 0 Å². The first kappa shape index (κ1) is 12.3. The van der Waals surface area contributed by atoms with Gasteiger partial charge in [0.1, 0.15) is 5.82 Å². The molecule has 2 bridgehead atoms. The van der Waals surface area contributed by atoms with Gasteiger partial charge in [-0.2, -0.15) is 0 Å². The average Bonchev–Trinajstić information content (AvgIpc) is 2.67. The van der Waals surface area contributed by atoms with Crippen LogP contribution in [0.4, 0.5) is 15.0 Å². The van der Waals surface area contributed by atoms with E-state index in [0.717, 1.165) is 36.9 Å². The van der Waals surface area contributed by atoms with Gasteiger partial charge in [0.2, 0.25) is 0 Å². The topological polar surface area (TPSA) is 62.5 Å². The second kappa shape index (κ2) is 4.77. The lowest BCUT2D eigenvalue weighted by molar-refractivity contribution is 0.152. The summed E-state index contributed by atoms with van der Waals surface area (Å²) in [5, 5.41) is 1.02. The zero-order valence-corrected chi connectivity index (χ0v) is 10.6. The molecular weight excluding hydrogens is 247 g/mol. The van der Waals surface area contributed by atoms with Crippen molar-refractivity contribution in [2.24, 2.45) is 5.84 Å². The Morgan fingerprint density at radius 1 is 1.32 bits per heavy atom. The molecular formula is C13H17FN4O. The van der Waals surface area contributed by atoms with Crippen LogP contribution in [0.25, 0.3) is 0 Å². The summed E-state index contributed by atoms with van der Waals surface area (Å²) in [7, 11) is 0. The van der Waals surface area contributed by atoms with E-state index in [4.69, 9.17) is 5.84 Å². The Morgan fingerprint density at radius 2 is 2.00 bits per heavy atom. The molecule has 2 aliphatic heterocycles. The van der Waals surface area contributed by atoms with E-state index in [0.29, 0.717) is 12.1 Å². The Balaban J connectivity index is 1.78. The molecule has 2 saturated heterocycles. The number of rotatable bonds is 1. The Hall–Kier alpha value is -1.69. The normalized spacial score (nSPS) is 25.5. The fraction of sp³-hybridized carbons (Fsp3) is 0.538. The summed E-state index contributed by atoms with van der Waals surface area (Å²) in [6, 6.07) is 3.04. The maximum atomic E-state index is 12.8. The lowest BCUT2D eigenvalue weighted by atomic mass is 10.0. The van der Waals surface area contributed by atoms with Gasteiger partial charge in [-0.05, 0) is 44.2 Å². The Bertz CT molecular complexity index is 462. The number of pyridine rings is 1. The van der Waals surface area contributed by atoms with Gasteiger partial charge < -0.3 is 4.90 Å². The quantitative estimate of drug-likeness (QED) is 0.479. The van der Waals surface area contributed by atoms with Gasteiger partial charge in [-0.3, -0.25) is 0 Å². The summed E-state index contributed by atoms with van der Waals surface area (Å²) in [5.74, 6) is 5.66. The van der Waals surface area contributed by atoms with Crippen LogP contribution in [0.2, 0.25) is 0 Å². The zero-order valence-electron chi connectivity index (χ0n) is 10.6. The van der Waals surface area contributed by atoms with Crippen LogP contribution in [0.3, 0.4) is 0 Å². The number of aromatic nitrogens is 1. The molecule has 6 heteroatoms. The molecule has 2 aliphatic rings. The average molecular weight is 264 g/mol. The highest BCUT2D eigenvalue weighted by atomic mass is 19.1. The van der Waals surface area contributed by atoms with Crippen LogP contribution in [0, 0.1) is 5.82 Å². The predicted octanol–water partition coefficient (Wildman–Crippen LogP) is 2.04. The number of amides is 2. The van der Waals surface area contributed by atoms with Crippen LogP contribution in [-0.2, 0) is 0 Å². The summed E-state index contributed by atoms with van der Waals surface area (Å²) in [4.78, 5) is 18.2. The zero-order chi connectivity index (χ0) is 13.4. The minimum atomic E-state index is -0.442. The van der Waals surface area contributed by atoms with Crippen molar-refractivity contribution in [1.82, 2.24) is 9.88 Å². The van der Waals surface area contributed by atoms with E-state index in [2.05, 4.69) is 4.98 Å². The number of carbonyl (C=O) groups excluding carboxylic acids is 1. The molecule has 19 heavy (non-hydrogen) atoms. The van der Waals surface area contributed by atoms with Crippen molar-refractivity contribution in [2.45, 2.75) is 44.2 Å². The first-order valence-electron chi connectivity index (χ1n) is 6.65. The van der Waals surface area contributed by atoms with E-state index < -0.39 is 5.82 Å². The summed E-state index contributed by atoms with van der Waals surface area (Å²) in [6.45, 7) is 0. The first-order valence-corrected chi connectivity index (χ1v) is 6.65. The molecule has 5 nitrogen and oxygen atoms in total. The smallest absolute Gasteiger partial charge is 0.317 e. The van der Waals surface area contributed by atoms with E-state index in [-0.39, 0.29) is 11.8 Å². The third-order valence-corrected chi connectivity index (χ3v) is 4.08. The lowest BCUT2D eigenvalue weighted by Gasteiger charge is -2.36. The molecule has 0 saturated carbocycles. The van der Waals surface area contributed by atoms with Crippen LogP contribution in [0.1, 0.15) is 32.1 Å². The summed E-state index contributed by atoms with van der Waals surface area (Å²) < 4.78 is 12.8. The molecule has 3 heterocycles. The van der Waals surface area contributed by atoms with Gasteiger partial charge in [-0.15, -0.1) is 0 Å². The van der Waals surface area contributed by atoms with Crippen molar-refractivity contribution in [3.8, 4) is 0 Å². The van der Waals surface area contributed by atoms with Gasteiger partial charge >= 0.3 is 6.03 Å². The van der Waals surface area contributed by atoms with Gasteiger partial charge in [0.05, 0.1) is 6.20 Å². The molecule has 3 rings (SSSR count). The number of anilines is 1. The number of hydrazine groups is 1. The molecule has 2 N–H and O–H groups in total. The monoisotopic (exact) mass is 264 g/mol. The standard InChI is InChI=1S/C13H17FN4O/c14-9-4-7-12(16-8-9)18(15)13(19)17-10-2-1-3-11(17)6-5-10/h4,7-8,10-11H,1-3,5-6,15H2. The van der Waals surface area contributed by atoms with Crippen molar-refractivity contribution in [2.75, 3.05) is 5.01 Å². The number of halogens is 1. The second-order valence-electron chi connectivity index (χ2n) is 5.21. The fourth-order valence-electron chi connectivity index (χ4n) is 3.16. The lowest BCUT2D eigenvalue weighted by Crippen LogP contribution is -2.53. The second-order valence-corrected chi connectivity index (χ2v) is 5.21. The minimum absolute atomic E-state index is 0.230. The maximum Gasteiger partial charge on any atom is 0.340 e. The van der Waals surface area contributed by atoms with E-state index in [9.17, 15) is 9.18 Å². The fourth-order valence-corrected chi connectivity index (χ4v) is 3.16. The Morgan fingerprint density at radius 3 is 2.58 bits per heavy atom. The highest BCUT2D eigenvalue weighted by molar-refractivity contribution is 5.90. The van der Waals surface area contributed by atoms with Crippen LogP contribution in [-0.4, -0.2) is 28.0 Å². The molecule has 0 aliphatic carbocycles. The third kappa shape index (κ3) is 2.16. The molecule has 1 aromatic heterocycles. The highest BCUT2D eigenvalue weighted by Crippen LogP contribution is 2.36. The number of hydrogen-bond donors (Lipinski definition) is 1. The molecule has 2 unspecified atom stereocenters. The summed E-state index contributed by atoms with van der Waals surface area (Å²) in [6.07, 6.45) is 6.45. The van der Waals surface area contributed by atoms with Crippen LogP contribution in [0.5, 0.6) is 0 Å². The van der Waals surface area contributed by atoms with E-state index in [1.54, 1.807) is 0 Å².